The number of nitrogens with two attached hydrogens (primary N) is 1. The number of hydrogen-bond donors (Lipinski definition) is 1. The Bertz CT molecular complexity index is 583. The molecule has 0 spiro atoms. The molecular weight excluding hydrogens is 398 g/mol. The Morgan fingerprint density at radius 1 is 0.938 bits per heavy atom. The first-order valence-corrected chi connectivity index (χ1v) is 13.3. The second-order valence-corrected chi connectivity index (χ2v) is 9.44. The maximum absolute atomic E-state index is 11.2. The summed E-state index contributed by atoms with van der Waals surface area (Å²) in [4.78, 5) is 15.6. The number of carboxylic acid groups (broad SMARTS) is 1. The predicted molar refractivity (Wildman–Crippen MR) is 134 cm³/mol. The molecule has 0 aromatic heterocycles. The molecule has 32 heavy (non-hydrogen) atoms. The second-order valence-electron chi connectivity index (χ2n) is 9.44. The van der Waals surface area contributed by atoms with Crippen LogP contribution in [0.1, 0.15) is 123 Å². The van der Waals surface area contributed by atoms with E-state index in [0.29, 0.717) is 0 Å². The molecule has 0 aromatic rings. The van der Waals surface area contributed by atoms with Crippen LogP contribution < -0.4 is 10.8 Å². The van der Waals surface area contributed by atoms with Gasteiger partial charge in [0.1, 0.15) is 18.9 Å². The van der Waals surface area contributed by atoms with Gasteiger partial charge in [-0.3, -0.25) is 5.73 Å². The van der Waals surface area contributed by atoms with E-state index in [1.165, 1.54) is 83.5 Å². The molecule has 2 N–H and O–H groups in total. The lowest BCUT2D eigenvalue weighted by molar-refractivity contribution is -0.808. The van der Waals surface area contributed by atoms with E-state index in [0.717, 1.165) is 31.5 Å². The lowest BCUT2D eigenvalue weighted by Gasteiger charge is -2.36. The summed E-state index contributed by atoms with van der Waals surface area (Å²) in [5, 5.41) is 11.2. The Morgan fingerprint density at radius 3 is 1.94 bits per heavy atom. The van der Waals surface area contributed by atoms with Gasteiger partial charge in [-0.25, -0.2) is 9.48 Å². The van der Waals surface area contributed by atoms with Crippen LogP contribution in [0, 0.1) is 0 Å². The highest BCUT2D eigenvalue weighted by Crippen LogP contribution is 2.23. The van der Waals surface area contributed by atoms with Crippen molar-refractivity contribution in [2.75, 3.05) is 6.54 Å². The average Bonchev–Trinajstić information content (AvgIpc) is 3.16. The van der Waals surface area contributed by atoms with Gasteiger partial charge in [0.05, 0.1) is 12.2 Å². The molecule has 5 nitrogen and oxygen atoms in total. The van der Waals surface area contributed by atoms with E-state index < -0.39 is 5.97 Å². The number of carbonyl (C=O) groups excluding carboxylic acids is 1. The summed E-state index contributed by atoms with van der Waals surface area (Å²) >= 11 is 0. The number of aliphatic carboxylic acids is 1. The molecule has 0 amide bonds. The van der Waals surface area contributed by atoms with Crippen LogP contribution in [0.15, 0.2) is 29.5 Å². The molecule has 184 valence electrons. The second kappa shape index (κ2) is 18.0. The predicted octanol–water partition coefficient (Wildman–Crippen LogP) is 5.95. The lowest BCUT2D eigenvalue weighted by Crippen LogP contribution is -2.60. The molecule has 0 saturated heterocycles. The van der Waals surface area contributed by atoms with Gasteiger partial charge in [0.2, 0.25) is 5.84 Å². The van der Waals surface area contributed by atoms with Crippen molar-refractivity contribution in [1.82, 2.24) is 0 Å². The maximum Gasteiger partial charge on any atom is 0.209 e. The first kappa shape index (κ1) is 28.6. The third-order valence-electron chi connectivity index (χ3n) is 6.57. The van der Waals surface area contributed by atoms with Crippen molar-refractivity contribution < 1.29 is 14.4 Å². The van der Waals surface area contributed by atoms with Gasteiger partial charge in [-0.05, 0) is 32.1 Å². The Morgan fingerprint density at radius 2 is 1.44 bits per heavy atom. The van der Waals surface area contributed by atoms with Crippen molar-refractivity contribution in [2.24, 2.45) is 10.7 Å². The average molecular weight is 448 g/mol. The van der Waals surface area contributed by atoms with Gasteiger partial charge < -0.3 is 9.90 Å². The molecule has 1 rings (SSSR count). The zero-order valence-corrected chi connectivity index (χ0v) is 20.9. The molecule has 2 atom stereocenters. The van der Waals surface area contributed by atoms with Gasteiger partial charge in [-0.1, -0.05) is 89.7 Å². The minimum Gasteiger partial charge on any atom is -0.544 e. The molecule has 1 aliphatic heterocycles. The van der Waals surface area contributed by atoms with E-state index in [1.54, 1.807) is 12.4 Å². The Balaban J connectivity index is 1.97. The smallest absolute Gasteiger partial charge is 0.209 e. The molecule has 0 aliphatic carbocycles. The zero-order chi connectivity index (χ0) is 23.5. The Kier molecular flexibility index (Phi) is 16.1. The van der Waals surface area contributed by atoms with E-state index in [2.05, 4.69) is 24.1 Å². The number of hydrogen-bond acceptors (Lipinski definition) is 4. The van der Waals surface area contributed by atoms with Crippen LogP contribution in [0.25, 0.3) is 0 Å². The third kappa shape index (κ3) is 12.0. The van der Waals surface area contributed by atoms with E-state index in [9.17, 15) is 9.90 Å². The van der Waals surface area contributed by atoms with Crippen molar-refractivity contribution in [3.8, 4) is 0 Å². The van der Waals surface area contributed by atoms with Gasteiger partial charge in [-0.15, -0.1) is 0 Å². The van der Waals surface area contributed by atoms with Crippen LogP contribution in [0.3, 0.4) is 0 Å². The minimum absolute atomic E-state index is 0.101. The Labute approximate surface area is 197 Å². The van der Waals surface area contributed by atoms with Crippen LogP contribution in [0.2, 0.25) is 0 Å². The highest BCUT2D eigenvalue weighted by Gasteiger charge is 2.38. The summed E-state index contributed by atoms with van der Waals surface area (Å²) in [7, 11) is 0. The molecule has 1 aliphatic rings. The zero-order valence-electron chi connectivity index (χ0n) is 20.9. The normalized spacial score (nSPS) is 19.0. The molecule has 2 unspecified atom stereocenters. The van der Waals surface area contributed by atoms with E-state index in [1.807, 2.05) is 6.92 Å². The maximum atomic E-state index is 11.2. The fraction of sp³-hybridized carbons (Fsp3) is 0.778. The van der Waals surface area contributed by atoms with Crippen LogP contribution in [-0.2, 0) is 4.79 Å². The summed E-state index contributed by atoms with van der Waals surface area (Å²) in [6.45, 7) is 3.96. The molecule has 1 heterocycles. The monoisotopic (exact) mass is 447 g/mol. The van der Waals surface area contributed by atoms with Crippen molar-refractivity contribution >= 4 is 11.8 Å². The largest absolute Gasteiger partial charge is 0.544 e. The number of allylic oxidation sites excluding steroid dienone is 2. The highest BCUT2D eigenvalue weighted by molar-refractivity contribution is 5.81. The summed E-state index contributed by atoms with van der Waals surface area (Å²) in [6, 6.07) is 0. The third-order valence-corrected chi connectivity index (χ3v) is 6.57. The number of quaternary nitrogens is 1. The molecule has 0 saturated carbocycles. The SMILES string of the molecule is CCCCCCCCCCCC/C=C/CCCCCCC1=NC=C[N+]1(CC(=O)[O-])C(C)N. The van der Waals surface area contributed by atoms with Crippen molar-refractivity contribution in [3.63, 3.8) is 0 Å². The number of aliphatic imine (C=N–C) groups is 1. The lowest BCUT2D eigenvalue weighted by atomic mass is 10.1. The van der Waals surface area contributed by atoms with Crippen molar-refractivity contribution in [3.05, 3.63) is 24.6 Å². The summed E-state index contributed by atoms with van der Waals surface area (Å²) in [6.07, 6.45) is 29.5. The molecule has 5 heteroatoms. The quantitative estimate of drug-likeness (QED) is 0.134. The fourth-order valence-corrected chi connectivity index (χ4v) is 4.46. The first-order valence-electron chi connectivity index (χ1n) is 13.3. The summed E-state index contributed by atoms with van der Waals surface area (Å²) in [5.41, 5.74) is 6.08. The van der Waals surface area contributed by atoms with Crippen LogP contribution in [-0.4, -0.2) is 29.0 Å². The van der Waals surface area contributed by atoms with Crippen LogP contribution >= 0.6 is 0 Å². The van der Waals surface area contributed by atoms with Gasteiger partial charge in [0, 0.05) is 13.3 Å². The van der Waals surface area contributed by atoms with Gasteiger partial charge in [-0.2, -0.15) is 0 Å². The van der Waals surface area contributed by atoms with Crippen molar-refractivity contribution in [2.45, 2.75) is 129 Å². The topological polar surface area (TPSA) is 78.5 Å². The number of rotatable bonds is 21. The van der Waals surface area contributed by atoms with Crippen molar-refractivity contribution in [1.29, 1.82) is 0 Å². The number of unbranched alkanes of at least 4 members (excludes halogenated alkanes) is 14. The Hall–Kier alpha value is -1.46. The number of carbonyl (C=O) groups is 1. The number of nitrogens with zero attached hydrogens (tertiary/aromatic N) is 2. The van der Waals surface area contributed by atoms with Crippen LogP contribution in [0.5, 0.6) is 0 Å². The first-order chi connectivity index (χ1) is 15.5. The van der Waals surface area contributed by atoms with E-state index in [4.69, 9.17) is 5.73 Å². The van der Waals surface area contributed by atoms with Crippen LogP contribution in [0.4, 0.5) is 0 Å². The molecule has 0 fully saturated rings. The molecule has 0 radical (unpaired) electrons. The molecule has 0 aromatic carbocycles. The van der Waals surface area contributed by atoms with E-state index >= 15 is 0 Å². The van der Waals surface area contributed by atoms with Gasteiger partial charge >= 0.3 is 0 Å². The van der Waals surface area contributed by atoms with Gasteiger partial charge in [0.25, 0.3) is 0 Å². The standard InChI is InChI=1S/C27H49N3O2/c1-3-4-5-6-7-8-9-10-11-12-13-14-15-16-17-18-19-20-21-26-29-22-23-30(26,25(2)28)24-27(31)32/h14-15,22-23,25H,3-13,16-21,24,28H2,1-2H3/b15-14+. The summed E-state index contributed by atoms with van der Waals surface area (Å²) < 4.78 is 0.101. The summed E-state index contributed by atoms with van der Waals surface area (Å²) in [5.74, 6) is -0.244. The van der Waals surface area contributed by atoms with Gasteiger partial charge in [0.15, 0.2) is 0 Å². The number of carboxylic acids is 1. The molecular formula is C27H49N3O2. The van der Waals surface area contributed by atoms with E-state index in [-0.39, 0.29) is 17.2 Å². The minimum atomic E-state index is -1.09. The number of amidine groups is 1. The highest BCUT2D eigenvalue weighted by atomic mass is 16.4. The molecule has 0 bridgehead atoms. The fourth-order valence-electron chi connectivity index (χ4n) is 4.46.